The summed E-state index contributed by atoms with van der Waals surface area (Å²) in [5.74, 6) is 0. The van der Waals surface area contributed by atoms with Crippen molar-refractivity contribution in [2.45, 2.75) is 24.0 Å². The van der Waals surface area contributed by atoms with Crippen LogP contribution in [0.1, 0.15) is 18.5 Å². The molecule has 0 fully saturated rings. The molecule has 0 aromatic carbocycles. The van der Waals surface area contributed by atoms with Crippen LogP contribution in [0.4, 0.5) is 0 Å². The monoisotopic (exact) mass is 318 g/mol. The summed E-state index contributed by atoms with van der Waals surface area (Å²) in [5, 5.41) is 17.1. The van der Waals surface area contributed by atoms with Gasteiger partial charge in [0.1, 0.15) is 0 Å². The Labute approximate surface area is 120 Å². The molecule has 6 nitrogen and oxygen atoms in total. The molecule has 0 radical (unpaired) electrons. The zero-order valence-electron chi connectivity index (χ0n) is 10.1. The highest BCUT2D eigenvalue weighted by molar-refractivity contribution is 7.91. The number of hydrogen-bond donors (Lipinski definition) is 0. The van der Waals surface area contributed by atoms with E-state index in [0.717, 1.165) is 15.6 Å². The highest BCUT2D eigenvalue weighted by atomic mass is 35.5. The van der Waals surface area contributed by atoms with Crippen LogP contribution in [0.5, 0.6) is 0 Å². The van der Waals surface area contributed by atoms with Crippen molar-refractivity contribution in [3.8, 4) is 12.1 Å². The summed E-state index contributed by atoms with van der Waals surface area (Å²) in [4.78, 5) is 3.87. The minimum Gasteiger partial charge on any atom is -0.229 e. The molecule has 9 heteroatoms. The molecule has 102 valence electrons. The Morgan fingerprint density at radius 2 is 1.84 bits per heavy atom. The fourth-order valence-electron chi connectivity index (χ4n) is 1.41. The van der Waals surface area contributed by atoms with Crippen molar-refractivity contribution in [3.05, 3.63) is 10.2 Å². The Bertz CT molecular complexity index is 609. The molecule has 1 heterocycles. The summed E-state index contributed by atoms with van der Waals surface area (Å²) in [6.07, 6.45) is 0.131. The van der Waals surface area contributed by atoms with Gasteiger partial charge in [0.05, 0.1) is 17.8 Å². The maximum Gasteiger partial charge on any atom is 0.254 e. The number of halogens is 1. The quantitative estimate of drug-likeness (QED) is 0.798. The Morgan fingerprint density at radius 3 is 2.21 bits per heavy atom. The minimum atomic E-state index is -3.75. The molecule has 0 atom stereocenters. The molecule has 19 heavy (non-hydrogen) atoms. The molecule has 0 bridgehead atoms. The van der Waals surface area contributed by atoms with Gasteiger partial charge in [0.15, 0.2) is 8.68 Å². The van der Waals surface area contributed by atoms with Gasteiger partial charge in [0.25, 0.3) is 10.0 Å². The summed E-state index contributed by atoms with van der Waals surface area (Å²) < 4.78 is 26.1. The molecule has 0 aliphatic carbocycles. The summed E-state index contributed by atoms with van der Waals surface area (Å²) in [6.45, 7) is 1.66. The molecular weight excluding hydrogens is 308 g/mol. The standard InChI is InChI=1S/C10H11ClN4O2S2/c1-8-9(18-10(11)14-8)19(16,17)15(6-2-4-12)7-3-5-13/h2-3,6-7H2,1H3. The molecule has 0 unspecified atom stereocenters. The number of nitriles is 2. The van der Waals surface area contributed by atoms with Crippen LogP contribution in [0, 0.1) is 29.6 Å². The normalized spacial score (nSPS) is 11.2. The Kier molecular flexibility index (Phi) is 5.70. The molecule has 0 amide bonds. The van der Waals surface area contributed by atoms with E-state index in [0.29, 0.717) is 5.69 Å². The lowest BCUT2D eigenvalue weighted by atomic mass is 10.4. The van der Waals surface area contributed by atoms with Gasteiger partial charge in [0, 0.05) is 25.9 Å². The number of sulfonamides is 1. The van der Waals surface area contributed by atoms with Gasteiger partial charge >= 0.3 is 0 Å². The number of hydrogen-bond acceptors (Lipinski definition) is 6. The summed E-state index contributed by atoms with van der Waals surface area (Å²) >= 11 is 6.58. The first-order valence-electron chi connectivity index (χ1n) is 5.30. The topological polar surface area (TPSA) is 97.8 Å². The first kappa shape index (κ1) is 15.9. The molecule has 0 N–H and O–H groups in total. The van der Waals surface area contributed by atoms with Gasteiger partial charge in [-0.05, 0) is 6.92 Å². The van der Waals surface area contributed by atoms with Crippen LogP contribution in [-0.4, -0.2) is 30.8 Å². The van der Waals surface area contributed by atoms with E-state index in [4.69, 9.17) is 22.1 Å². The van der Waals surface area contributed by atoms with Gasteiger partial charge in [-0.1, -0.05) is 22.9 Å². The second kappa shape index (κ2) is 6.83. The first-order chi connectivity index (χ1) is 8.93. The molecule has 0 aliphatic heterocycles. The van der Waals surface area contributed by atoms with E-state index in [1.54, 1.807) is 6.92 Å². The van der Waals surface area contributed by atoms with Crippen molar-refractivity contribution in [2.75, 3.05) is 13.1 Å². The van der Waals surface area contributed by atoms with Crippen molar-refractivity contribution in [1.82, 2.24) is 9.29 Å². The zero-order valence-corrected chi connectivity index (χ0v) is 12.5. The summed E-state index contributed by atoms with van der Waals surface area (Å²) in [5.41, 5.74) is 0.328. The number of aromatic nitrogens is 1. The van der Waals surface area contributed by atoms with Crippen LogP contribution in [0.3, 0.4) is 0 Å². The number of thiazole rings is 1. The highest BCUT2D eigenvalue weighted by Crippen LogP contribution is 2.29. The van der Waals surface area contributed by atoms with Gasteiger partial charge in [-0.25, -0.2) is 13.4 Å². The average Bonchev–Trinajstić information content (AvgIpc) is 2.69. The van der Waals surface area contributed by atoms with E-state index in [1.165, 1.54) is 0 Å². The molecule has 0 saturated heterocycles. The molecule has 0 spiro atoms. The second-order valence-electron chi connectivity index (χ2n) is 3.56. The van der Waals surface area contributed by atoms with E-state index in [9.17, 15) is 8.42 Å². The first-order valence-corrected chi connectivity index (χ1v) is 7.94. The molecule has 0 saturated carbocycles. The van der Waals surface area contributed by atoms with Crippen LogP contribution in [-0.2, 0) is 10.0 Å². The van der Waals surface area contributed by atoms with Gasteiger partial charge in [-0.15, -0.1) is 0 Å². The Balaban J connectivity index is 3.09. The van der Waals surface area contributed by atoms with Crippen molar-refractivity contribution >= 4 is 33.0 Å². The van der Waals surface area contributed by atoms with Gasteiger partial charge in [-0.2, -0.15) is 14.8 Å². The van der Waals surface area contributed by atoms with E-state index < -0.39 is 10.0 Å². The van der Waals surface area contributed by atoms with Gasteiger partial charge in [0.2, 0.25) is 0 Å². The molecule has 1 rings (SSSR count). The fourth-order valence-corrected chi connectivity index (χ4v) is 4.72. The molecule has 1 aromatic heterocycles. The van der Waals surface area contributed by atoms with Crippen LogP contribution in [0.15, 0.2) is 4.21 Å². The average molecular weight is 319 g/mol. The largest absolute Gasteiger partial charge is 0.254 e. The lowest BCUT2D eigenvalue weighted by Gasteiger charge is -2.18. The van der Waals surface area contributed by atoms with Crippen LogP contribution in [0.25, 0.3) is 0 Å². The van der Waals surface area contributed by atoms with Gasteiger partial charge in [-0.3, -0.25) is 0 Å². The Hall–Kier alpha value is -1.19. The van der Waals surface area contributed by atoms with Crippen LogP contribution < -0.4 is 0 Å². The number of rotatable bonds is 6. The van der Waals surface area contributed by atoms with Crippen molar-refractivity contribution < 1.29 is 8.42 Å². The number of nitrogens with zero attached hydrogens (tertiary/aromatic N) is 4. The zero-order chi connectivity index (χ0) is 14.5. The predicted molar refractivity (Wildman–Crippen MR) is 71.1 cm³/mol. The number of aryl methyl sites for hydroxylation is 1. The highest BCUT2D eigenvalue weighted by Gasteiger charge is 2.28. The SMILES string of the molecule is Cc1nc(Cl)sc1S(=O)(=O)N(CCC#N)CCC#N. The molecule has 1 aromatic rings. The third-order valence-electron chi connectivity index (χ3n) is 2.25. The van der Waals surface area contributed by atoms with Crippen LogP contribution in [0.2, 0.25) is 4.47 Å². The predicted octanol–water partition coefficient (Wildman–Crippen LogP) is 1.92. The molecule has 0 aliphatic rings. The smallest absolute Gasteiger partial charge is 0.229 e. The lowest BCUT2D eigenvalue weighted by Crippen LogP contribution is -2.32. The van der Waals surface area contributed by atoms with E-state index in [2.05, 4.69) is 4.98 Å². The third kappa shape index (κ3) is 3.88. The minimum absolute atomic E-state index is 0.0511. The lowest BCUT2D eigenvalue weighted by molar-refractivity contribution is 0.426. The van der Waals surface area contributed by atoms with E-state index >= 15 is 0 Å². The molecular formula is C10H11ClN4O2S2. The van der Waals surface area contributed by atoms with Crippen molar-refractivity contribution in [2.24, 2.45) is 0 Å². The second-order valence-corrected chi connectivity index (χ2v) is 7.27. The van der Waals surface area contributed by atoms with Crippen LogP contribution >= 0.6 is 22.9 Å². The maximum absolute atomic E-state index is 12.4. The van der Waals surface area contributed by atoms with E-state index in [-0.39, 0.29) is 34.6 Å². The Morgan fingerprint density at radius 1 is 1.32 bits per heavy atom. The van der Waals surface area contributed by atoms with Crippen molar-refractivity contribution in [1.29, 1.82) is 10.5 Å². The van der Waals surface area contributed by atoms with Crippen molar-refractivity contribution in [3.63, 3.8) is 0 Å². The summed E-state index contributed by atoms with van der Waals surface area (Å²) in [6, 6.07) is 3.78. The van der Waals surface area contributed by atoms with E-state index in [1.807, 2.05) is 12.1 Å². The third-order valence-corrected chi connectivity index (χ3v) is 6.00. The fraction of sp³-hybridized carbons (Fsp3) is 0.500. The summed E-state index contributed by atoms with van der Waals surface area (Å²) in [7, 11) is -3.75. The maximum atomic E-state index is 12.4. The van der Waals surface area contributed by atoms with Gasteiger partial charge < -0.3 is 0 Å².